The second-order valence-electron chi connectivity index (χ2n) is 14.9. The van der Waals surface area contributed by atoms with Gasteiger partial charge in [0.15, 0.2) is 0 Å². The molecule has 258 valence electrons. The standard InChI is InChI=1S/C43H62O4/c1-6-8-9-11-33-14-17-38(18-15-33)42-23-21-40(28-36(42)7-2)39-20-22-41(32(5)26-39)37-13-10-12-34(16-19-37)27-35(24-25-46-30-44)29-47-43(45)31(3)4/h20-23,26,28,30,33-35,37-38H,3,6-19,24-25,27,29H2,1-2,4-5H3. The van der Waals surface area contributed by atoms with Gasteiger partial charge in [0.25, 0.3) is 6.47 Å². The first kappa shape index (κ1) is 36.9. The van der Waals surface area contributed by atoms with Crippen molar-refractivity contribution in [1.29, 1.82) is 0 Å². The molecule has 4 heteroatoms. The Labute approximate surface area is 286 Å². The average molecular weight is 643 g/mol. The smallest absolute Gasteiger partial charge is 0.333 e. The molecule has 0 N–H and O–H groups in total. The van der Waals surface area contributed by atoms with Gasteiger partial charge in [0.1, 0.15) is 0 Å². The van der Waals surface area contributed by atoms with Crippen LogP contribution >= 0.6 is 0 Å². The van der Waals surface area contributed by atoms with Crippen molar-refractivity contribution in [3.05, 3.63) is 70.8 Å². The Hall–Kier alpha value is -2.88. The molecule has 0 bridgehead atoms. The molecule has 3 unspecified atom stereocenters. The SMILES string of the molecule is C=C(C)C(=O)OCC(CCOC=O)CC1CCCC(c2ccc(-c3ccc(C4CCC(CCCCC)CC4)c(CC)c3)cc2C)CC1. The average Bonchev–Trinajstić information content (AvgIpc) is 3.32. The van der Waals surface area contributed by atoms with E-state index in [-0.39, 0.29) is 11.9 Å². The third-order valence-corrected chi connectivity index (χ3v) is 11.3. The van der Waals surface area contributed by atoms with Crippen LogP contribution in [0.1, 0.15) is 151 Å². The Bertz CT molecular complexity index is 1290. The van der Waals surface area contributed by atoms with E-state index in [1.807, 2.05) is 0 Å². The first-order valence-electron chi connectivity index (χ1n) is 18.9. The van der Waals surface area contributed by atoms with Crippen LogP contribution < -0.4 is 0 Å². The van der Waals surface area contributed by atoms with Crippen molar-refractivity contribution in [3.63, 3.8) is 0 Å². The maximum Gasteiger partial charge on any atom is 0.333 e. The molecule has 2 aliphatic rings. The first-order chi connectivity index (χ1) is 22.8. The van der Waals surface area contributed by atoms with Crippen LogP contribution in [0.5, 0.6) is 0 Å². The third-order valence-electron chi connectivity index (χ3n) is 11.3. The number of aryl methyl sites for hydroxylation is 2. The molecule has 0 aromatic heterocycles. The molecule has 0 aliphatic heterocycles. The van der Waals surface area contributed by atoms with Crippen LogP contribution in [0.4, 0.5) is 0 Å². The number of carbonyl (C=O) groups excluding carboxylic acids is 2. The van der Waals surface area contributed by atoms with Gasteiger partial charge < -0.3 is 9.47 Å². The van der Waals surface area contributed by atoms with Gasteiger partial charge in [-0.25, -0.2) is 4.79 Å². The van der Waals surface area contributed by atoms with Crippen LogP contribution in [0.25, 0.3) is 11.1 Å². The number of carbonyl (C=O) groups is 2. The van der Waals surface area contributed by atoms with Gasteiger partial charge in [0.05, 0.1) is 13.2 Å². The summed E-state index contributed by atoms with van der Waals surface area (Å²) in [6.07, 6.45) is 19.9. The van der Waals surface area contributed by atoms with Crippen molar-refractivity contribution < 1.29 is 19.1 Å². The van der Waals surface area contributed by atoms with Crippen molar-refractivity contribution in [3.8, 4) is 11.1 Å². The highest BCUT2D eigenvalue weighted by Gasteiger charge is 2.26. The number of benzene rings is 2. The van der Waals surface area contributed by atoms with Crippen LogP contribution in [-0.2, 0) is 25.5 Å². The summed E-state index contributed by atoms with van der Waals surface area (Å²) < 4.78 is 10.5. The van der Waals surface area contributed by atoms with Crippen LogP contribution in [0.3, 0.4) is 0 Å². The van der Waals surface area contributed by atoms with Gasteiger partial charge >= 0.3 is 5.97 Å². The largest absolute Gasteiger partial charge is 0.468 e. The number of unbranched alkanes of at least 4 members (excludes halogenated alkanes) is 2. The molecule has 0 amide bonds. The first-order valence-corrected chi connectivity index (χ1v) is 18.9. The Balaban J connectivity index is 1.36. The number of rotatable bonds is 17. The van der Waals surface area contributed by atoms with E-state index in [4.69, 9.17) is 9.47 Å². The molecule has 2 aromatic carbocycles. The highest BCUT2D eigenvalue weighted by atomic mass is 16.5. The van der Waals surface area contributed by atoms with Crippen molar-refractivity contribution in [2.45, 2.75) is 142 Å². The van der Waals surface area contributed by atoms with Gasteiger partial charge in [-0.1, -0.05) is 95.3 Å². The summed E-state index contributed by atoms with van der Waals surface area (Å²) in [6, 6.07) is 14.5. The zero-order chi connectivity index (χ0) is 33.6. The summed E-state index contributed by atoms with van der Waals surface area (Å²) in [5, 5.41) is 0. The third kappa shape index (κ3) is 11.1. The summed E-state index contributed by atoms with van der Waals surface area (Å²) in [7, 11) is 0. The van der Waals surface area contributed by atoms with Gasteiger partial charge in [-0.3, -0.25) is 4.79 Å². The fraction of sp³-hybridized carbons (Fsp3) is 0.628. The molecule has 2 aliphatic carbocycles. The van der Waals surface area contributed by atoms with E-state index in [0.29, 0.717) is 43.5 Å². The lowest BCUT2D eigenvalue weighted by Gasteiger charge is -2.30. The zero-order valence-electron chi connectivity index (χ0n) is 30.0. The predicted octanol–water partition coefficient (Wildman–Crippen LogP) is 11.4. The number of ether oxygens (including phenoxy) is 2. The summed E-state index contributed by atoms with van der Waals surface area (Å²) in [4.78, 5) is 22.7. The van der Waals surface area contributed by atoms with Crippen LogP contribution in [0, 0.1) is 24.7 Å². The Kier molecular flexibility index (Phi) is 15.1. The number of esters is 1. The van der Waals surface area contributed by atoms with Crippen molar-refractivity contribution in [2.24, 2.45) is 17.8 Å². The van der Waals surface area contributed by atoms with Crippen LogP contribution in [0.15, 0.2) is 48.6 Å². The molecule has 0 spiro atoms. The topological polar surface area (TPSA) is 52.6 Å². The summed E-state index contributed by atoms with van der Waals surface area (Å²) >= 11 is 0. The van der Waals surface area contributed by atoms with Crippen LogP contribution in [0.2, 0.25) is 0 Å². The minimum absolute atomic E-state index is 0.186. The molecule has 4 rings (SSSR count). The molecular formula is C43H62O4. The van der Waals surface area contributed by atoms with E-state index in [9.17, 15) is 9.59 Å². The maximum absolute atomic E-state index is 12.0. The molecular weight excluding hydrogens is 580 g/mol. The van der Waals surface area contributed by atoms with E-state index in [2.05, 4.69) is 63.7 Å². The second kappa shape index (κ2) is 19.2. The zero-order valence-corrected chi connectivity index (χ0v) is 30.0. The fourth-order valence-electron chi connectivity index (χ4n) is 8.51. The van der Waals surface area contributed by atoms with Gasteiger partial charge in [-0.2, -0.15) is 0 Å². The molecule has 0 saturated heterocycles. The van der Waals surface area contributed by atoms with E-state index in [1.165, 1.54) is 106 Å². The van der Waals surface area contributed by atoms with Gasteiger partial charge in [0.2, 0.25) is 0 Å². The Morgan fingerprint density at radius 3 is 2.23 bits per heavy atom. The molecule has 3 atom stereocenters. The summed E-state index contributed by atoms with van der Waals surface area (Å²) in [5.74, 6) is 2.70. The lowest BCUT2D eigenvalue weighted by Crippen LogP contribution is -2.19. The monoisotopic (exact) mass is 642 g/mol. The highest BCUT2D eigenvalue weighted by molar-refractivity contribution is 5.86. The van der Waals surface area contributed by atoms with Crippen molar-refractivity contribution >= 4 is 12.4 Å². The molecule has 2 aromatic rings. The molecule has 0 radical (unpaired) electrons. The molecule has 0 heterocycles. The maximum atomic E-state index is 12.0. The number of hydrogen-bond acceptors (Lipinski definition) is 4. The molecule has 47 heavy (non-hydrogen) atoms. The predicted molar refractivity (Wildman–Crippen MR) is 195 cm³/mol. The molecule has 4 nitrogen and oxygen atoms in total. The van der Waals surface area contributed by atoms with E-state index >= 15 is 0 Å². The Morgan fingerprint density at radius 2 is 1.57 bits per heavy atom. The van der Waals surface area contributed by atoms with Crippen molar-refractivity contribution in [2.75, 3.05) is 13.2 Å². The van der Waals surface area contributed by atoms with E-state index in [1.54, 1.807) is 18.1 Å². The normalized spacial score (nSPS) is 22.2. The fourth-order valence-corrected chi connectivity index (χ4v) is 8.51. The van der Waals surface area contributed by atoms with Crippen LogP contribution in [-0.4, -0.2) is 25.7 Å². The summed E-state index contributed by atoms with van der Waals surface area (Å²) in [6.45, 7) is 13.5. The molecule has 2 fully saturated rings. The minimum atomic E-state index is -0.344. The quantitative estimate of drug-likeness (QED) is 0.0566. The summed E-state index contributed by atoms with van der Waals surface area (Å²) in [5.41, 5.74) is 9.17. The second-order valence-corrected chi connectivity index (χ2v) is 14.9. The van der Waals surface area contributed by atoms with Gasteiger partial charge in [-0.05, 0) is 141 Å². The van der Waals surface area contributed by atoms with Gasteiger partial charge in [-0.15, -0.1) is 0 Å². The highest BCUT2D eigenvalue weighted by Crippen LogP contribution is 2.41. The lowest BCUT2D eigenvalue weighted by molar-refractivity contribution is -0.141. The lowest BCUT2D eigenvalue weighted by atomic mass is 9.75. The Morgan fingerprint density at radius 1 is 0.894 bits per heavy atom. The van der Waals surface area contributed by atoms with Crippen molar-refractivity contribution in [1.82, 2.24) is 0 Å². The van der Waals surface area contributed by atoms with E-state index in [0.717, 1.165) is 24.7 Å². The number of hydrogen-bond donors (Lipinski definition) is 0. The minimum Gasteiger partial charge on any atom is -0.468 e. The van der Waals surface area contributed by atoms with E-state index < -0.39 is 0 Å². The molecule has 2 saturated carbocycles. The van der Waals surface area contributed by atoms with Gasteiger partial charge in [0, 0.05) is 5.57 Å².